The van der Waals surface area contributed by atoms with Crippen LogP contribution in [0.15, 0.2) is 41.6 Å². The Morgan fingerprint density at radius 2 is 1.80 bits per heavy atom. The summed E-state index contributed by atoms with van der Waals surface area (Å²) in [6.07, 6.45) is 8.17. The number of nitrogens with zero attached hydrogens (tertiary/aromatic N) is 1. The minimum atomic E-state index is 0.255. The molecule has 0 aromatic heterocycles. The van der Waals surface area contributed by atoms with Crippen LogP contribution in [0, 0.1) is 0 Å². The first-order chi connectivity index (χ1) is 9.78. The largest absolute Gasteiger partial charge is 0.361 e. The molecule has 2 nitrogen and oxygen atoms in total. The quantitative estimate of drug-likeness (QED) is 0.835. The molecule has 1 fully saturated rings. The Morgan fingerprint density at radius 3 is 2.55 bits per heavy atom. The van der Waals surface area contributed by atoms with Crippen molar-refractivity contribution < 1.29 is 4.79 Å². The lowest BCUT2D eigenvalue weighted by molar-refractivity contribution is -0.115. The van der Waals surface area contributed by atoms with Crippen LogP contribution in [0.1, 0.15) is 44.1 Å². The minimum absolute atomic E-state index is 0.255. The van der Waals surface area contributed by atoms with E-state index < -0.39 is 0 Å². The average molecular weight is 267 g/mol. The Hall–Kier alpha value is -1.57. The Labute approximate surface area is 120 Å². The van der Waals surface area contributed by atoms with E-state index in [2.05, 4.69) is 35.2 Å². The molecule has 4 rings (SSSR count). The highest BCUT2D eigenvalue weighted by Gasteiger charge is 2.51. The van der Waals surface area contributed by atoms with Gasteiger partial charge < -0.3 is 4.90 Å². The van der Waals surface area contributed by atoms with Gasteiger partial charge in [-0.15, -0.1) is 0 Å². The zero-order chi connectivity index (χ0) is 13.6. The molecular weight excluding hydrogens is 246 g/mol. The maximum atomic E-state index is 12.2. The van der Waals surface area contributed by atoms with E-state index in [0.29, 0.717) is 12.3 Å². The topological polar surface area (TPSA) is 20.3 Å². The number of hydrogen-bond donors (Lipinski definition) is 0. The van der Waals surface area contributed by atoms with Gasteiger partial charge in [0.2, 0.25) is 0 Å². The minimum Gasteiger partial charge on any atom is -0.361 e. The van der Waals surface area contributed by atoms with E-state index in [9.17, 15) is 4.79 Å². The smallest absolute Gasteiger partial charge is 0.179 e. The van der Waals surface area contributed by atoms with Gasteiger partial charge in [0.15, 0.2) is 5.78 Å². The molecular formula is C18H21NO. The van der Waals surface area contributed by atoms with E-state index >= 15 is 0 Å². The molecule has 104 valence electrons. The molecule has 0 unspecified atom stereocenters. The summed E-state index contributed by atoms with van der Waals surface area (Å²) in [6.45, 7) is 0.650. The first-order valence-corrected chi connectivity index (χ1v) is 7.85. The highest BCUT2D eigenvalue weighted by atomic mass is 16.1. The Bertz CT molecular complexity index is 568. The summed E-state index contributed by atoms with van der Waals surface area (Å²) in [5, 5.41) is 0. The second-order valence-corrected chi connectivity index (χ2v) is 6.53. The fraction of sp³-hybridized carbons (Fsp3) is 0.500. The predicted molar refractivity (Wildman–Crippen MR) is 79.3 cm³/mol. The molecule has 1 saturated carbocycles. The summed E-state index contributed by atoms with van der Waals surface area (Å²) in [7, 11) is 0. The van der Waals surface area contributed by atoms with Crippen molar-refractivity contribution in [3.8, 4) is 0 Å². The van der Waals surface area contributed by atoms with Crippen molar-refractivity contribution in [2.45, 2.75) is 50.5 Å². The number of benzene rings is 1. The number of carbonyl (C=O) groups excluding carboxylic acids is 1. The molecule has 1 heterocycles. The van der Waals surface area contributed by atoms with E-state index in [-0.39, 0.29) is 5.54 Å². The second kappa shape index (κ2) is 4.47. The van der Waals surface area contributed by atoms with Gasteiger partial charge in [-0.3, -0.25) is 4.79 Å². The molecule has 0 N–H and O–H groups in total. The van der Waals surface area contributed by atoms with E-state index in [0.717, 1.165) is 24.8 Å². The molecule has 2 heteroatoms. The van der Waals surface area contributed by atoms with Gasteiger partial charge in [0.25, 0.3) is 0 Å². The maximum absolute atomic E-state index is 12.2. The fourth-order valence-corrected chi connectivity index (χ4v) is 3.94. The predicted octanol–water partition coefficient (Wildman–Crippen LogP) is 3.47. The molecule has 20 heavy (non-hydrogen) atoms. The van der Waals surface area contributed by atoms with Gasteiger partial charge in [0, 0.05) is 16.8 Å². The molecule has 3 aliphatic rings. The third kappa shape index (κ3) is 1.90. The summed E-state index contributed by atoms with van der Waals surface area (Å²) in [4.78, 5) is 14.7. The number of rotatable bonds is 3. The van der Waals surface area contributed by atoms with Crippen molar-refractivity contribution in [1.82, 2.24) is 4.90 Å². The van der Waals surface area contributed by atoms with Gasteiger partial charge in [-0.1, -0.05) is 30.3 Å². The second-order valence-electron chi connectivity index (χ2n) is 6.53. The number of Topliss-reactive ketones (excluding diaryl/α,β-unsaturated/α-hetero) is 1. The molecule has 0 bridgehead atoms. The van der Waals surface area contributed by atoms with E-state index in [1.54, 1.807) is 0 Å². The highest BCUT2D eigenvalue weighted by molar-refractivity contribution is 6.00. The summed E-state index contributed by atoms with van der Waals surface area (Å²) >= 11 is 0. The zero-order valence-corrected chi connectivity index (χ0v) is 11.9. The van der Waals surface area contributed by atoms with Gasteiger partial charge in [0.05, 0.1) is 6.54 Å². The molecule has 0 saturated heterocycles. The molecule has 1 aliphatic heterocycles. The highest BCUT2D eigenvalue weighted by Crippen LogP contribution is 2.50. The van der Waals surface area contributed by atoms with Gasteiger partial charge in [-0.25, -0.2) is 0 Å². The third-order valence-corrected chi connectivity index (χ3v) is 5.18. The molecule has 2 aliphatic carbocycles. The van der Waals surface area contributed by atoms with Crippen molar-refractivity contribution in [2.75, 3.05) is 6.54 Å². The van der Waals surface area contributed by atoms with Crippen LogP contribution in [0.3, 0.4) is 0 Å². The zero-order valence-electron chi connectivity index (χ0n) is 11.9. The lowest BCUT2D eigenvalue weighted by Gasteiger charge is -2.33. The van der Waals surface area contributed by atoms with Crippen molar-refractivity contribution in [2.24, 2.45) is 0 Å². The summed E-state index contributed by atoms with van der Waals surface area (Å²) < 4.78 is 0. The Kier molecular flexibility index (Phi) is 2.73. The number of carbonyl (C=O) groups is 1. The van der Waals surface area contributed by atoms with Crippen molar-refractivity contribution in [1.29, 1.82) is 0 Å². The van der Waals surface area contributed by atoms with Crippen molar-refractivity contribution >= 4 is 5.78 Å². The fourth-order valence-electron chi connectivity index (χ4n) is 3.94. The average Bonchev–Trinajstić information content (AvgIpc) is 3.18. The van der Waals surface area contributed by atoms with Crippen LogP contribution in [-0.2, 0) is 11.2 Å². The normalized spacial score (nSPS) is 24.0. The molecule has 0 radical (unpaired) electrons. The molecule has 0 atom stereocenters. The summed E-state index contributed by atoms with van der Waals surface area (Å²) in [6, 6.07) is 10.7. The van der Waals surface area contributed by atoms with E-state index in [1.807, 2.05) is 0 Å². The molecule has 0 spiro atoms. The summed E-state index contributed by atoms with van der Waals surface area (Å²) in [5.41, 5.74) is 4.22. The maximum Gasteiger partial charge on any atom is 0.179 e. The van der Waals surface area contributed by atoms with Gasteiger partial charge in [-0.2, -0.15) is 0 Å². The molecule has 0 amide bonds. The van der Waals surface area contributed by atoms with Crippen LogP contribution in [0.4, 0.5) is 0 Å². The monoisotopic (exact) mass is 267 g/mol. The lowest BCUT2D eigenvalue weighted by atomic mass is 9.95. The van der Waals surface area contributed by atoms with Crippen LogP contribution >= 0.6 is 0 Å². The third-order valence-electron chi connectivity index (χ3n) is 5.18. The van der Waals surface area contributed by atoms with E-state index in [4.69, 9.17) is 0 Å². The SMILES string of the molecule is O=C1CN(C2(Cc3ccccc3)CC2)C2=C1CCCC2. The first kappa shape index (κ1) is 12.2. The van der Waals surface area contributed by atoms with Crippen LogP contribution in [0.25, 0.3) is 0 Å². The van der Waals surface area contributed by atoms with Crippen LogP contribution in [-0.4, -0.2) is 22.8 Å². The lowest BCUT2D eigenvalue weighted by Crippen LogP contribution is -2.37. The van der Waals surface area contributed by atoms with Crippen molar-refractivity contribution in [3.63, 3.8) is 0 Å². The number of allylic oxidation sites excluding steroid dienone is 1. The number of hydrogen-bond acceptors (Lipinski definition) is 2. The van der Waals surface area contributed by atoms with Gasteiger partial charge >= 0.3 is 0 Å². The van der Waals surface area contributed by atoms with E-state index in [1.165, 1.54) is 36.9 Å². The van der Waals surface area contributed by atoms with Crippen molar-refractivity contribution in [3.05, 3.63) is 47.2 Å². The first-order valence-electron chi connectivity index (χ1n) is 7.85. The van der Waals surface area contributed by atoms with Crippen LogP contribution < -0.4 is 0 Å². The standard InChI is InChI=1S/C18H21NO/c20-17-13-19(16-9-5-4-8-15(16)17)18(10-11-18)12-14-6-2-1-3-7-14/h1-3,6-7H,4-5,8-13H2. The Balaban J connectivity index is 1.61. The molecule has 1 aromatic carbocycles. The van der Waals surface area contributed by atoms with Gasteiger partial charge in [0.1, 0.15) is 0 Å². The number of ketones is 1. The van der Waals surface area contributed by atoms with Crippen LogP contribution in [0.5, 0.6) is 0 Å². The van der Waals surface area contributed by atoms with Crippen LogP contribution in [0.2, 0.25) is 0 Å². The Morgan fingerprint density at radius 1 is 1.05 bits per heavy atom. The molecule has 1 aromatic rings. The summed E-state index contributed by atoms with van der Waals surface area (Å²) in [5.74, 6) is 0.402. The van der Waals surface area contributed by atoms with Gasteiger partial charge in [-0.05, 0) is 50.5 Å².